The number of hydrogen-bond acceptors (Lipinski definition) is 2. The van der Waals surface area contributed by atoms with Gasteiger partial charge in [0.1, 0.15) is 0 Å². The van der Waals surface area contributed by atoms with Gasteiger partial charge in [-0.05, 0) is 42.9 Å². The highest BCUT2D eigenvalue weighted by molar-refractivity contribution is 6.35. The molecule has 114 valence electrons. The van der Waals surface area contributed by atoms with Gasteiger partial charge in [0.05, 0.1) is 0 Å². The van der Waals surface area contributed by atoms with Gasteiger partial charge in [-0.3, -0.25) is 9.59 Å². The fourth-order valence-corrected chi connectivity index (χ4v) is 2.92. The average molecular weight is 330 g/mol. The maximum atomic E-state index is 12.0. The molecule has 6 heteroatoms. The molecule has 0 spiro atoms. The summed E-state index contributed by atoms with van der Waals surface area (Å²) in [7, 11) is 0. The van der Waals surface area contributed by atoms with Crippen LogP contribution in [-0.4, -0.2) is 23.5 Å². The molecule has 1 aliphatic rings. The molecule has 1 fully saturated rings. The number of carboxylic acid groups (broad SMARTS) is 1. The summed E-state index contributed by atoms with van der Waals surface area (Å²) in [6, 6.07) is 5.34. The zero-order valence-corrected chi connectivity index (χ0v) is 13.0. The lowest BCUT2D eigenvalue weighted by molar-refractivity contribution is -0.137. The molecule has 0 saturated heterocycles. The van der Waals surface area contributed by atoms with Crippen LogP contribution in [0.1, 0.15) is 37.2 Å². The number of halogens is 2. The minimum Gasteiger partial charge on any atom is -0.481 e. The van der Waals surface area contributed by atoms with E-state index in [-0.39, 0.29) is 24.2 Å². The fourth-order valence-electron chi connectivity index (χ4n) is 2.37. The topological polar surface area (TPSA) is 66.4 Å². The SMILES string of the molecule is O=C(O)CCCCNC(=O)C1CC1c1ccc(Cl)cc1Cl. The smallest absolute Gasteiger partial charge is 0.303 e. The second kappa shape index (κ2) is 7.14. The van der Waals surface area contributed by atoms with E-state index in [0.717, 1.165) is 12.0 Å². The molecule has 1 saturated carbocycles. The lowest BCUT2D eigenvalue weighted by Gasteiger charge is -2.06. The Morgan fingerprint density at radius 3 is 2.71 bits per heavy atom. The zero-order valence-electron chi connectivity index (χ0n) is 11.4. The highest BCUT2D eigenvalue weighted by Crippen LogP contribution is 2.49. The lowest BCUT2D eigenvalue weighted by atomic mass is 10.1. The molecule has 1 aromatic rings. The summed E-state index contributed by atoms with van der Waals surface area (Å²) in [6.07, 6.45) is 2.19. The van der Waals surface area contributed by atoms with Crippen molar-refractivity contribution >= 4 is 35.1 Å². The molecule has 2 atom stereocenters. The van der Waals surface area contributed by atoms with Crippen LogP contribution in [0.25, 0.3) is 0 Å². The molecule has 0 aliphatic heterocycles. The molecular weight excluding hydrogens is 313 g/mol. The molecule has 2 unspecified atom stereocenters. The number of nitrogens with one attached hydrogen (secondary N) is 1. The first-order valence-corrected chi connectivity index (χ1v) is 7.69. The molecule has 0 radical (unpaired) electrons. The van der Waals surface area contributed by atoms with E-state index in [0.29, 0.717) is 29.4 Å². The molecule has 1 amide bonds. The number of benzene rings is 1. The lowest BCUT2D eigenvalue weighted by Crippen LogP contribution is -2.26. The molecule has 21 heavy (non-hydrogen) atoms. The summed E-state index contributed by atoms with van der Waals surface area (Å²) in [5, 5.41) is 12.6. The summed E-state index contributed by atoms with van der Waals surface area (Å²) in [4.78, 5) is 22.3. The van der Waals surface area contributed by atoms with E-state index in [1.165, 1.54) is 0 Å². The predicted octanol–water partition coefficient (Wildman–Crippen LogP) is 3.47. The van der Waals surface area contributed by atoms with E-state index >= 15 is 0 Å². The quantitative estimate of drug-likeness (QED) is 0.753. The summed E-state index contributed by atoms with van der Waals surface area (Å²) in [6.45, 7) is 0.518. The minimum atomic E-state index is -0.805. The van der Waals surface area contributed by atoms with Gasteiger partial charge in [-0.25, -0.2) is 0 Å². The van der Waals surface area contributed by atoms with Crippen LogP contribution in [0.2, 0.25) is 10.0 Å². The van der Waals surface area contributed by atoms with E-state index in [1.807, 2.05) is 6.07 Å². The maximum absolute atomic E-state index is 12.0. The maximum Gasteiger partial charge on any atom is 0.303 e. The Bertz CT molecular complexity index is 548. The third kappa shape index (κ3) is 4.61. The second-order valence-electron chi connectivity index (χ2n) is 5.26. The van der Waals surface area contributed by atoms with Gasteiger partial charge in [0.25, 0.3) is 0 Å². The van der Waals surface area contributed by atoms with Gasteiger partial charge in [0.2, 0.25) is 5.91 Å². The first-order valence-electron chi connectivity index (χ1n) is 6.93. The Morgan fingerprint density at radius 2 is 2.05 bits per heavy atom. The molecule has 1 aromatic carbocycles. The Labute approximate surface area is 133 Å². The van der Waals surface area contributed by atoms with Crippen LogP contribution in [-0.2, 0) is 9.59 Å². The van der Waals surface area contributed by atoms with E-state index < -0.39 is 5.97 Å². The minimum absolute atomic E-state index is 0.0151. The number of carbonyl (C=O) groups excluding carboxylic acids is 1. The average Bonchev–Trinajstić information content (AvgIpc) is 3.18. The molecule has 0 heterocycles. The third-order valence-electron chi connectivity index (χ3n) is 3.61. The number of carbonyl (C=O) groups is 2. The Kier molecular flexibility index (Phi) is 5.48. The number of amides is 1. The van der Waals surface area contributed by atoms with E-state index in [4.69, 9.17) is 28.3 Å². The van der Waals surface area contributed by atoms with Gasteiger partial charge in [-0.1, -0.05) is 29.3 Å². The molecule has 4 nitrogen and oxygen atoms in total. The number of rotatable bonds is 7. The Hall–Kier alpha value is -1.26. The van der Waals surface area contributed by atoms with Gasteiger partial charge >= 0.3 is 5.97 Å². The second-order valence-corrected chi connectivity index (χ2v) is 6.10. The van der Waals surface area contributed by atoms with Crippen molar-refractivity contribution in [1.82, 2.24) is 5.32 Å². The molecule has 2 rings (SSSR count). The zero-order chi connectivity index (χ0) is 15.4. The van der Waals surface area contributed by atoms with E-state index in [9.17, 15) is 9.59 Å². The van der Waals surface area contributed by atoms with Crippen LogP contribution >= 0.6 is 23.2 Å². The highest BCUT2D eigenvalue weighted by Gasteiger charge is 2.44. The summed E-state index contributed by atoms with van der Waals surface area (Å²) in [5.41, 5.74) is 0.965. The number of carboxylic acids is 1. The van der Waals surface area contributed by atoms with Gasteiger partial charge in [0, 0.05) is 28.9 Å². The van der Waals surface area contributed by atoms with Crippen molar-refractivity contribution in [2.24, 2.45) is 5.92 Å². The number of aliphatic carboxylic acids is 1. The normalized spacial score (nSPS) is 20.1. The number of hydrogen-bond donors (Lipinski definition) is 2. The van der Waals surface area contributed by atoms with Crippen LogP contribution < -0.4 is 5.32 Å². The Morgan fingerprint density at radius 1 is 1.29 bits per heavy atom. The van der Waals surface area contributed by atoms with Crippen LogP contribution in [0.15, 0.2) is 18.2 Å². The predicted molar refractivity (Wildman–Crippen MR) is 81.8 cm³/mol. The van der Waals surface area contributed by atoms with Crippen molar-refractivity contribution < 1.29 is 14.7 Å². The first kappa shape index (κ1) is 16.1. The van der Waals surface area contributed by atoms with Crippen molar-refractivity contribution in [3.63, 3.8) is 0 Å². The summed E-state index contributed by atoms with van der Waals surface area (Å²) in [5.74, 6) is -0.667. The standard InChI is InChI=1S/C15H17Cl2NO3/c16-9-4-5-10(13(17)7-9)11-8-12(11)15(21)18-6-2-1-3-14(19)20/h4-5,7,11-12H,1-3,6,8H2,(H,18,21)(H,19,20). The van der Waals surface area contributed by atoms with Crippen molar-refractivity contribution in [3.05, 3.63) is 33.8 Å². The van der Waals surface area contributed by atoms with Crippen molar-refractivity contribution in [2.75, 3.05) is 6.54 Å². The van der Waals surface area contributed by atoms with Gasteiger partial charge in [0.15, 0.2) is 0 Å². The number of unbranched alkanes of at least 4 members (excludes halogenated alkanes) is 1. The third-order valence-corrected chi connectivity index (χ3v) is 4.17. The van der Waals surface area contributed by atoms with Crippen molar-refractivity contribution in [2.45, 2.75) is 31.6 Å². The van der Waals surface area contributed by atoms with Crippen molar-refractivity contribution in [3.8, 4) is 0 Å². The molecule has 0 aromatic heterocycles. The molecule has 1 aliphatic carbocycles. The van der Waals surface area contributed by atoms with Crippen LogP contribution in [0.5, 0.6) is 0 Å². The summed E-state index contributed by atoms with van der Waals surface area (Å²) < 4.78 is 0. The largest absolute Gasteiger partial charge is 0.481 e. The van der Waals surface area contributed by atoms with Gasteiger partial charge < -0.3 is 10.4 Å². The highest BCUT2D eigenvalue weighted by atomic mass is 35.5. The monoisotopic (exact) mass is 329 g/mol. The van der Waals surface area contributed by atoms with Crippen LogP contribution in [0.4, 0.5) is 0 Å². The van der Waals surface area contributed by atoms with Gasteiger partial charge in [-0.2, -0.15) is 0 Å². The van der Waals surface area contributed by atoms with Crippen molar-refractivity contribution in [1.29, 1.82) is 0 Å². The molecule has 2 N–H and O–H groups in total. The Balaban J connectivity index is 1.75. The fraction of sp³-hybridized carbons (Fsp3) is 0.467. The molecular formula is C15H17Cl2NO3. The summed E-state index contributed by atoms with van der Waals surface area (Å²) >= 11 is 12.0. The molecule has 0 bridgehead atoms. The van der Waals surface area contributed by atoms with Crippen LogP contribution in [0.3, 0.4) is 0 Å². The van der Waals surface area contributed by atoms with Gasteiger partial charge in [-0.15, -0.1) is 0 Å². The van der Waals surface area contributed by atoms with E-state index in [2.05, 4.69) is 5.32 Å². The van der Waals surface area contributed by atoms with Crippen LogP contribution in [0, 0.1) is 5.92 Å². The first-order chi connectivity index (χ1) is 9.99. The van der Waals surface area contributed by atoms with E-state index in [1.54, 1.807) is 12.1 Å².